The molecule has 0 aromatic heterocycles. The van der Waals surface area contributed by atoms with Gasteiger partial charge in [-0.3, -0.25) is 4.90 Å². The summed E-state index contributed by atoms with van der Waals surface area (Å²) in [5.41, 5.74) is 7.40. The van der Waals surface area contributed by atoms with Crippen molar-refractivity contribution in [2.75, 3.05) is 13.1 Å². The topological polar surface area (TPSA) is 38.5 Å². The molecule has 1 aliphatic carbocycles. The fraction of sp³-hybridized carbons (Fsp3) is 0.667. The van der Waals surface area contributed by atoms with Gasteiger partial charge in [-0.25, -0.2) is 0 Å². The second-order valence-corrected chi connectivity index (χ2v) is 6.26. The normalized spacial score (nSPS) is 17.6. The molecule has 3 nitrogen and oxygen atoms in total. The highest BCUT2D eigenvalue weighted by atomic mass is 16.5. The molecule has 0 amide bonds. The van der Waals surface area contributed by atoms with E-state index in [-0.39, 0.29) is 6.10 Å². The third-order valence-corrected chi connectivity index (χ3v) is 4.40. The van der Waals surface area contributed by atoms with Crippen molar-refractivity contribution in [3.05, 3.63) is 29.8 Å². The fourth-order valence-electron chi connectivity index (χ4n) is 3.50. The maximum atomic E-state index is 6.12. The highest BCUT2D eigenvalue weighted by Crippen LogP contribution is 2.31. The van der Waals surface area contributed by atoms with Gasteiger partial charge in [-0.1, -0.05) is 31.9 Å². The van der Waals surface area contributed by atoms with Gasteiger partial charge < -0.3 is 10.5 Å². The van der Waals surface area contributed by atoms with Crippen molar-refractivity contribution in [1.29, 1.82) is 0 Å². The predicted molar refractivity (Wildman–Crippen MR) is 88.6 cm³/mol. The zero-order chi connectivity index (χ0) is 15.2. The van der Waals surface area contributed by atoms with Gasteiger partial charge >= 0.3 is 0 Å². The van der Waals surface area contributed by atoms with Gasteiger partial charge in [-0.15, -0.1) is 0 Å². The maximum Gasteiger partial charge on any atom is 0.120 e. The summed E-state index contributed by atoms with van der Waals surface area (Å²) in [6.07, 6.45) is 5.54. The lowest BCUT2D eigenvalue weighted by molar-refractivity contribution is 0.146. The zero-order valence-electron chi connectivity index (χ0n) is 13.7. The third kappa shape index (κ3) is 4.21. The zero-order valence-corrected chi connectivity index (χ0v) is 13.7. The number of hydrogen-bond donors (Lipinski definition) is 1. The molecule has 2 rings (SSSR count). The van der Waals surface area contributed by atoms with Crippen LogP contribution in [0.5, 0.6) is 5.75 Å². The van der Waals surface area contributed by atoms with Crippen LogP contribution in [0.1, 0.15) is 58.1 Å². The molecule has 2 N–H and O–H groups in total. The lowest BCUT2D eigenvalue weighted by Crippen LogP contribution is -2.40. The van der Waals surface area contributed by atoms with E-state index in [9.17, 15) is 0 Å². The second kappa shape index (κ2) is 7.81. The Bertz CT molecular complexity index is 427. The van der Waals surface area contributed by atoms with Crippen LogP contribution in [0.3, 0.4) is 0 Å². The van der Waals surface area contributed by atoms with Crippen LogP contribution in [0, 0.1) is 0 Å². The molecule has 0 spiro atoms. The predicted octanol–water partition coefficient (Wildman–Crippen LogP) is 3.74. The monoisotopic (exact) mass is 290 g/mol. The third-order valence-electron chi connectivity index (χ3n) is 4.40. The molecule has 1 aromatic rings. The molecule has 1 fully saturated rings. The maximum absolute atomic E-state index is 6.12. The highest BCUT2D eigenvalue weighted by molar-refractivity contribution is 5.31. The van der Waals surface area contributed by atoms with Crippen LogP contribution in [0.2, 0.25) is 0 Å². The minimum Gasteiger partial charge on any atom is -0.491 e. The van der Waals surface area contributed by atoms with Gasteiger partial charge in [-0.05, 0) is 50.9 Å². The summed E-state index contributed by atoms with van der Waals surface area (Å²) in [5.74, 6) is 0.948. The Morgan fingerprint density at radius 1 is 1.29 bits per heavy atom. The van der Waals surface area contributed by atoms with Crippen molar-refractivity contribution in [1.82, 2.24) is 4.90 Å². The van der Waals surface area contributed by atoms with E-state index in [4.69, 9.17) is 10.5 Å². The molecule has 3 heteroatoms. The van der Waals surface area contributed by atoms with Crippen molar-refractivity contribution < 1.29 is 4.74 Å². The first-order valence-corrected chi connectivity index (χ1v) is 8.38. The van der Waals surface area contributed by atoms with E-state index in [0.29, 0.717) is 18.6 Å². The van der Waals surface area contributed by atoms with Crippen LogP contribution < -0.4 is 10.5 Å². The lowest BCUT2D eigenvalue weighted by atomic mass is 10.0. The standard InChI is InChI=1S/C18H30N2O/c1-4-20(16-9-5-6-10-16)18(13-19)15-8-7-11-17(12-15)21-14(2)3/h7-8,11-12,14,16,18H,4-6,9-10,13,19H2,1-3H3. The Balaban J connectivity index is 2.18. The Hall–Kier alpha value is -1.06. The van der Waals surface area contributed by atoms with Crippen molar-refractivity contribution in [3.8, 4) is 5.75 Å². The number of ether oxygens (including phenoxy) is 1. The molecule has 118 valence electrons. The summed E-state index contributed by atoms with van der Waals surface area (Å²) in [6.45, 7) is 8.08. The van der Waals surface area contributed by atoms with Crippen LogP contribution in [0.4, 0.5) is 0 Å². The van der Waals surface area contributed by atoms with Gasteiger partial charge in [-0.2, -0.15) is 0 Å². The summed E-state index contributed by atoms with van der Waals surface area (Å²) in [4.78, 5) is 2.58. The van der Waals surface area contributed by atoms with E-state index >= 15 is 0 Å². The van der Waals surface area contributed by atoms with E-state index in [2.05, 4.69) is 43.9 Å². The van der Waals surface area contributed by atoms with Gasteiger partial charge in [0.05, 0.1) is 6.10 Å². The first-order chi connectivity index (χ1) is 10.2. The van der Waals surface area contributed by atoms with Crippen molar-refractivity contribution in [2.45, 2.75) is 64.6 Å². The minimum absolute atomic E-state index is 0.202. The molecular formula is C18H30N2O. The summed E-state index contributed by atoms with van der Waals surface area (Å²) in [6, 6.07) is 9.45. The fourth-order valence-corrected chi connectivity index (χ4v) is 3.50. The number of nitrogens with zero attached hydrogens (tertiary/aromatic N) is 1. The number of hydrogen-bond acceptors (Lipinski definition) is 3. The van der Waals surface area contributed by atoms with Gasteiger partial charge in [0, 0.05) is 18.6 Å². The molecule has 0 bridgehead atoms. The molecular weight excluding hydrogens is 260 g/mol. The molecule has 1 saturated carbocycles. The number of rotatable bonds is 7. The molecule has 21 heavy (non-hydrogen) atoms. The van der Waals surface area contributed by atoms with Crippen LogP contribution in [-0.4, -0.2) is 30.1 Å². The van der Waals surface area contributed by atoms with E-state index in [0.717, 1.165) is 12.3 Å². The summed E-state index contributed by atoms with van der Waals surface area (Å²) < 4.78 is 5.83. The SMILES string of the molecule is CCN(C1CCCC1)C(CN)c1cccc(OC(C)C)c1. The molecule has 0 radical (unpaired) electrons. The van der Waals surface area contributed by atoms with Crippen LogP contribution in [0.15, 0.2) is 24.3 Å². The molecule has 0 aliphatic heterocycles. The second-order valence-electron chi connectivity index (χ2n) is 6.26. The molecule has 1 aliphatic rings. The van der Waals surface area contributed by atoms with Gasteiger partial charge in [0.1, 0.15) is 5.75 Å². The van der Waals surface area contributed by atoms with E-state index < -0.39 is 0 Å². The van der Waals surface area contributed by atoms with Crippen LogP contribution >= 0.6 is 0 Å². The van der Waals surface area contributed by atoms with Crippen molar-refractivity contribution in [2.24, 2.45) is 5.73 Å². The summed E-state index contributed by atoms with van der Waals surface area (Å²) in [7, 11) is 0. The molecule has 1 unspecified atom stereocenters. The van der Waals surface area contributed by atoms with E-state index in [1.54, 1.807) is 0 Å². The molecule has 1 atom stereocenters. The highest BCUT2D eigenvalue weighted by Gasteiger charge is 2.27. The summed E-state index contributed by atoms with van der Waals surface area (Å²) in [5, 5.41) is 0. The van der Waals surface area contributed by atoms with Crippen LogP contribution in [0.25, 0.3) is 0 Å². The number of benzene rings is 1. The average Bonchev–Trinajstić information content (AvgIpc) is 2.98. The van der Waals surface area contributed by atoms with E-state index in [1.165, 1.54) is 31.2 Å². The quantitative estimate of drug-likeness (QED) is 0.831. The number of nitrogens with two attached hydrogens (primary N) is 1. The average molecular weight is 290 g/mol. The molecule has 0 heterocycles. The first-order valence-electron chi connectivity index (χ1n) is 8.38. The Morgan fingerprint density at radius 2 is 2.00 bits per heavy atom. The van der Waals surface area contributed by atoms with Gasteiger partial charge in [0.15, 0.2) is 0 Å². The Kier molecular flexibility index (Phi) is 6.07. The smallest absolute Gasteiger partial charge is 0.120 e. The van der Waals surface area contributed by atoms with E-state index in [1.807, 2.05) is 6.07 Å². The minimum atomic E-state index is 0.202. The van der Waals surface area contributed by atoms with Gasteiger partial charge in [0.2, 0.25) is 0 Å². The first kappa shape index (κ1) is 16.3. The summed E-state index contributed by atoms with van der Waals surface area (Å²) >= 11 is 0. The lowest BCUT2D eigenvalue weighted by Gasteiger charge is -2.35. The Labute approximate surface area is 129 Å². The molecule has 1 aromatic carbocycles. The van der Waals surface area contributed by atoms with Gasteiger partial charge in [0.25, 0.3) is 0 Å². The molecule has 0 saturated heterocycles. The Morgan fingerprint density at radius 3 is 2.57 bits per heavy atom. The van der Waals surface area contributed by atoms with Crippen LogP contribution in [-0.2, 0) is 0 Å². The number of likely N-dealkylation sites (N-methyl/N-ethyl adjacent to an activating group) is 1. The van der Waals surface area contributed by atoms with Crippen molar-refractivity contribution >= 4 is 0 Å². The van der Waals surface area contributed by atoms with Crippen molar-refractivity contribution in [3.63, 3.8) is 0 Å². The largest absolute Gasteiger partial charge is 0.491 e.